The molecule has 6 nitrogen and oxygen atoms in total. The maximum Gasteiger partial charge on any atom is 0.223 e. The zero-order chi connectivity index (χ0) is 22.2. The number of fused-ring (bicyclic) bond motifs is 1. The van der Waals surface area contributed by atoms with E-state index in [-0.39, 0.29) is 24.0 Å². The zero-order valence-electron chi connectivity index (χ0n) is 18.7. The van der Waals surface area contributed by atoms with Crippen LogP contribution < -0.4 is 4.74 Å². The smallest absolute Gasteiger partial charge is 0.223 e. The number of amides is 1. The van der Waals surface area contributed by atoms with Gasteiger partial charge in [-0.1, -0.05) is 24.3 Å². The molecule has 164 valence electrons. The Hall–Kier alpha value is -2.86. The normalized spacial score (nSPS) is 18.0. The monoisotopic (exact) mass is 421 g/mol. The van der Waals surface area contributed by atoms with Crippen LogP contribution in [-0.4, -0.2) is 50.3 Å². The number of carbonyl (C=O) groups is 1. The first-order valence-corrected chi connectivity index (χ1v) is 10.9. The summed E-state index contributed by atoms with van der Waals surface area (Å²) in [6, 6.07) is 15.7. The molecule has 6 heteroatoms. The van der Waals surface area contributed by atoms with Crippen molar-refractivity contribution in [3.63, 3.8) is 0 Å². The number of aryl methyl sites for hydroxylation is 1. The van der Waals surface area contributed by atoms with Crippen molar-refractivity contribution < 1.29 is 14.6 Å². The summed E-state index contributed by atoms with van der Waals surface area (Å²) in [4.78, 5) is 19.4. The van der Waals surface area contributed by atoms with E-state index in [0.29, 0.717) is 19.5 Å². The molecule has 0 aliphatic carbocycles. The average Bonchev–Trinajstić information content (AvgIpc) is 3.27. The van der Waals surface area contributed by atoms with Gasteiger partial charge in [-0.25, -0.2) is 4.98 Å². The summed E-state index contributed by atoms with van der Waals surface area (Å²) in [6.45, 7) is 9.38. The Morgan fingerprint density at radius 1 is 1.19 bits per heavy atom. The Kier molecular flexibility index (Phi) is 5.75. The number of benzene rings is 2. The van der Waals surface area contributed by atoms with Gasteiger partial charge in [-0.15, -0.1) is 0 Å². The van der Waals surface area contributed by atoms with Gasteiger partial charge in [0, 0.05) is 24.4 Å². The fraction of sp³-hybridized carbons (Fsp3) is 0.440. The highest BCUT2D eigenvalue weighted by Crippen LogP contribution is 2.34. The number of carbonyl (C=O) groups excluding carboxylic acids is 1. The molecule has 1 aromatic heterocycles. The molecule has 0 bridgehead atoms. The molecular weight excluding hydrogens is 390 g/mol. The molecule has 0 saturated carbocycles. The maximum absolute atomic E-state index is 12.7. The number of aliphatic hydroxyl groups is 1. The molecule has 4 rings (SSSR count). The van der Waals surface area contributed by atoms with Crippen molar-refractivity contribution in [1.82, 2.24) is 14.5 Å². The molecule has 1 saturated heterocycles. The van der Waals surface area contributed by atoms with Crippen LogP contribution in [0.1, 0.15) is 44.5 Å². The maximum atomic E-state index is 12.7. The van der Waals surface area contributed by atoms with Crippen LogP contribution in [0, 0.1) is 6.92 Å². The van der Waals surface area contributed by atoms with Crippen LogP contribution in [0.4, 0.5) is 0 Å². The molecule has 0 spiro atoms. The van der Waals surface area contributed by atoms with Crippen molar-refractivity contribution in [3.05, 3.63) is 59.9 Å². The minimum absolute atomic E-state index is 0.00372. The van der Waals surface area contributed by atoms with E-state index in [1.54, 1.807) is 0 Å². The number of hydrogen-bond acceptors (Lipinski definition) is 4. The van der Waals surface area contributed by atoms with Crippen molar-refractivity contribution >= 4 is 16.9 Å². The van der Waals surface area contributed by atoms with E-state index >= 15 is 0 Å². The number of nitrogens with zero attached hydrogens (tertiary/aromatic N) is 3. The van der Waals surface area contributed by atoms with E-state index in [0.717, 1.165) is 28.2 Å². The lowest BCUT2D eigenvalue weighted by Crippen LogP contribution is -2.42. The molecule has 2 atom stereocenters. The predicted octanol–water partition coefficient (Wildman–Crippen LogP) is 3.90. The Balaban J connectivity index is 1.56. The van der Waals surface area contributed by atoms with Gasteiger partial charge >= 0.3 is 0 Å². The molecule has 1 amide bonds. The Bertz CT molecular complexity index is 1080. The number of hydrogen-bond donors (Lipinski definition) is 1. The summed E-state index contributed by atoms with van der Waals surface area (Å²) < 4.78 is 7.87. The molecule has 1 fully saturated rings. The second kappa shape index (κ2) is 8.35. The summed E-state index contributed by atoms with van der Waals surface area (Å²) in [5.74, 6) is 1.76. The van der Waals surface area contributed by atoms with Gasteiger partial charge in [0.25, 0.3) is 0 Å². The number of imidazole rings is 1. The van der Waals surface area contributed by atoms with Crippen LogP contribution in [0.15, 0.2) is 48.5 Å². The van der Waals surface area contributed by atoms with Gasteiger partial charge < -0.3 is 19.3 Å². The quantitative estimate of drug-likeness (QED) is 0.656. The minimum atomic E-state index is -0.701. The van der Waals surface area contributed by atoms with E-state index < -0.39 is 6.10 Å². The third-order valence-electron chi connectivity index (χ3n) is 5.81. The molecule has 31 heavy (non-hydrogen) atoms. The summed E-state index contributed by atoms with van der Waals surface area (Å²) in [6.07, 6.45) is -0.260. The van der Waals surface area contributed by atoms with Crippen LogP contribution in [0.2, 0.25) is 0 Å². The number of likely N-dealkylation sites (tertiary alicyclic amines) is 1. The van der Waals surface area contributed by atoms with Gasteiger partial charge in [-0.05, 0) is 57.5 Å². The van der Waals surface area contributed by atoms with E-state index in [1.165, 1.54) is 0 Å². The second-order valence-corrected chi connectivity index (χ2v) is 9.43. The molecule has 3 aromatic rings. The largest absolute Gasteiger partial charge is 0.491 e. The first-order valence-electron chi connectivity index (χ1n) is 10.9. The van der Waals surface area contributed by atoms with Gasteiger partial charge in [0.2, 0.25) is 5.91 Å². The third kappa shape index (κ3) is 4.59. The average molecular weight is 422 g/mol. The summed E-state index contributed by atoms with van der Waals surface area (Å²) in [5.41, 5.74) is 2.74. The second-order valence-electron chi connectivity index (χ2n) is 9.43. The van der Waals surface area contributed by atoms with Crippen LogP contribution >= 0.6 is 0 Å². The van der Waals surface area contributed by atoms with Crippen LogP contribution in [0.25, 0.3) is 11.0 Å². The van der Waals surface area contributed by atoms with E-state index in [4.69, 9.17) is 9.72 Å². The Labute approximate surface area is 183 Å². The van der Waals surface area contributed by atoms with Crippen molar-refractivity contribution in [2.75, 3.05) is 13.2 Å². The number of para-hydroxylation sites is 2. The summed E-state index contributed by atoms with van der Waals surface area (Å²) in [7, 11) is 0. The van der Waals surface area contributed by atoms with Gasteiger partial charge in [-0.2, -0.15) is 0 Å². The number of ether oxygens (including phenoxy) is 1. The number of rotatable bonds is 6. The van der Waals surface area contributed by atoms with Crippen molar-refractivity contribution in [2.45, 2.75) is 58.2 Å². The highest BCUT2D eigenvalue weighted by molar-refractivity contribution is 5.81. The topological polar surface area (TPSA) is 67.6 Å². The molecular formula is C25H31N3O3. The van der Waals surface area contributed by atoms with Crippen molar-refractivity contribution in [1.29, 1.82) is 0 Å². The fourth-order valence-electron chi connectivity index (χ4n) is 4.29. The molecule has 2 heterocycles. The molecule has 0 unspecified atom stereocenters. The molecule has 1 N–H and O–H groups in total. The van der Waals surface area contributed by atoms with Crippen LogP contribution in [0.5, 0.6) is 5.75 Å². The molecule has 0 radical (unpaired) electrons. The number of aliphatic hydroxyl groups excluding tert-OH is 1. The number of aromatic nitrogens is 2. The third-order valence-corrected chi connectivity index (χ3v) is 5.81. The van der Waals surface area contributed by atoms with Crippen LogP contribution in [0.3, 0.4) is 0 Å². The standard InChI is InChI=1S/C25H31N3O3/c1-17-8-7-9-20(12-17)31-16-19(29)15-27-22-11-6-5-10-21(22)26-24(27)18-13-23(30)28(14-18)25(2,3)4/h5-12,18-19,29H,13-16H2,1-4H3/t18-,19-/m0/s1. The van der Waals surface area contributed by atoms with Crippen molar-refractivity contribution in [2.24, 2.45) is 0 Å². The van der Waals surface area contributed by atoms with Gasteiger partial charge in [-0.3, -0.25) is 4.79 Å². The molecule has 1 aliphatic rings. The SMILES string of the molecule is Cc1cccc(OC[C@@H](O)Cn2c([C@H]3CC(=O)N(C(C)(C)C)C3)nc3ccccc32)c1. The molecule has 1 aliphatic heterocycles. The van der Waals surface area contributed by atoms with E-state index in [2.05, 4.69) is 25.3 Å². The Morgan fingerprint density at radius 3 is 2.68 bits per heavy atom. The van der Waals surface area contributed by atoms with Crippen LogP contribution in [-0.2, 0) is 11.3 Å². The van der Waals surface area contributed by atoms with Crippen molar-refractivity contribution in [3.8, 4) is 5.75 Å². The highest BCUT2D eigenvalue weighted by atomic mass is 16.5. The summed E-state index contributed by atoms with van der Waals surface area (Å²) in [5, 5.41) is 10.8. The predicted molar refractivity (Wildman–Crippen MR) is 121 cm³/mol. The lowest BCUT2D eigenvalue weighted by atomic mass is 10.1. The summed E-state index contributed by atoms with van der Waals surface area (Å²) >= 11 is 0. The first-order chi connectivity index (χ1) is 14.7. The van der Waals surface area contributed by atoms with Gasteiger partial charge in [0.05, 0.1) is 17.6 Å². The van der Waals surface area contributed by atoms with E-state index in [1.807, 2.05) is 60.4 Å². The fourth-order valence-corrected chi connectivity index (χ4v) is 4.29. The zero-order valence-corrected chi connectivity index (χ0v) is 18.7. The lowest BCUT2D eigenvalue weighted by molar-refractivity contribution is -0.131. The Morgan fingerprint density at radius 2 is 1.97 bits per heavy atom. The van der Waals surface area contributed by atoms with Gasteiger partial charge in [0.15, 0.2) is 0 Å². The highest BCUT2D eigenvalue weighted by Gasteiger charge is 2.39. The first kappa shape index (κ1) is 21.4. The van der Waals surface area contributed by atoms with E-state index in [9.17, 15) is 9.90 Å². The van der Waals surface area contributed by atoms with Gasteiger partial charge in [0.1, 0.15) is 24.3 Å². The molecule has 2 aromatic carbocycles. The minimum Gasteiger partial charge on any atom is -0.491 e. The lowest BCUT2D eigenvalue weighted by Gasteiger charge is -2.32.